The zero-order chi connectivity index (χ0) is 14.1. The number of benzene rings is 1. The normalized spacial score (nSPS) is 13.1. The Kier molecular flexibility index (Phi) is 3.54. The third kappa shape index (κ3) is 2.73. The number of halogens is 4. The fourth-order valence-corrected chi connectivity index (χ4v) is 1.23. The summed E-state index contributed by atoms with van der Waals surface area (Å²) < 4.78 is 50.0. The van der Waals surface area contributed by atoms with Gasteiger partial charge in [0.25, 0.3) is 5.69 Å². The molecule has 1 aromatic carbocycles. The number of nitro benzene ring substituents is 1. The summed E-state index contributed by atoms with van der Waals surface area (Å²) in [6, 6.07) is 0.933. The first-order valence-electron chi connectivity index (χ1n) is 4.37. The lowest BCUT2D eigenvalue weighted by atomic mass is 10.0. The summed E-state index contributed by atoms with van der Waals surface area (Å²) in [6.07, 6.45) is -7.59. The Morgan fingerprint density at radius 1 is 1.39 bits per heavy atom. The van der Waals surface area contributed by atoms with E-state index in [-0.39, 0.29) is 6.07 Å². The van der Waals surface area contributed by atoms with Crippen LogP contribution in [0.5, 0.6) is 0 Å². The zero-order valence-corrected chi connectivity index (χ0v) is 8.44. The van der Waals surface area contributed by atoms with Gasteiger partial charge in [-0.05, 0) is 12.1 Å². The molecule has 1 atom stereocenters. The van der Waals surface area contributed by atoms with Crippen LogP contribution in [-0.4, -0.2) is 16.0 Å². The number of hydrogen-bond acceptors (Lipinski definition) is 3. The molecule has 0 saturated carbocycles. The Bertz CT molecular complexity index is 500. The van der Waals surface area contributed by atoms with Crippen molar-refractivity contribution in [3.05, 3.63) is 39.4 Å². The number of aliphatic carboxylic acids is 1. The third-order valence-electron chi connectivity index (χ3n) is 2.04. The molecule has 1 N–H and O–H groups in total. The van der Waals surface area contributed by atoms with Crippen LogP contribution in [0.25, 0.3) is 0 Å². The highest BCUT2D eigenvalue weighted by molar-refractivity contribution is 5.76. The fraction of sp³-hybridized carbons (Fsp3) is 0.222. The highest BCUT2D eigenvalue weighted by Gasteiger charge is 2.35. The molecular formula is C9H5F4NO4. The van der Waals surface area contributed by atoms with Crippen molar-refractivity contribution >= 4 is 11.7 Å². The van der Waals surface area contributed by atoms with E-state index in [1.807, 2.05) is 0 Å². The van der Waals surface area contributed by atoms with Gasteiger partial charge in [0, 0.05) is 6.07 Å². The largest absolute Gasteiger partial charge is 0.479 e. The quantitative estimate of drug-likeness (QED) is 0.518. The molecule has 0 fully saturated rings. The van der Waals surface area contributed by atoms with Crippen molar-refractivity contribution in [3.8, 4) is 0 Å². The molecule has 1 rings (SSSR count). The summed E-state index contributed by atoms with van der Waals surface area (Å²) in [5.41, 5.74) is -3.50. The van der Waals surface area contributed by atoms with Crippen LogP contribution in [0.2, 0.25) is 0 Å². The minimum Gasteiger partial charge on any atom is -0.479 e. The number of rotatable bonds is 3. The maximum absolute atomic E-state index is 13.1. The van der Waals surface area contributed by atoms with Gasteiger partial charge in [0.05, 0.1) is 16.1 Å². The molecule has 18 heavy (non-hydrogen) atoms. The van der Waals surface area contributed by atoms with Gasteiger partial charge in [-0.15, -0.1) is 0 Å². The molecule has 1 unspecified atom stereocenters. The van der Waals surface area contributed by atoms with Crippen LogP contribution in [0.15, 0.2) is 18.2 Å². The molecule has 0 aliphatic heterocycles. The van der Waals surface area contributed by atoms with Crippen LogP contribution in [0.1, 0.15) is 17.3 Å². The molecule has 0 heterocycles. The van der Waals surface area contributed by atoms with Crippen LogP contribution in [0, 0.1) is 10.1 Å². The number of alkyl halides is 4. The number of nitro groups is 1. The van der Waals surface area contributed by atoms with Gasteiger partial charge in [-0.3, -0.25) is 10.1 Å². The highest BCUT2D eigenvalue weighted by Crippen LogP contribution is 2.35. The number of hydrogen-bond donors (Lipinski definition) is 1. The topological polar surface area (TPSA) is 80.4 Å². The monoisotopic (exact) mass is 267 g/mol. The first kappa shape index (κ1) is 13.9. The smallest absolute Gasteiger partial charge is 0.416 e. The first-order chi connectivity index (χ1) is 8.14. The van der Waals surface area contributed by atoms with E-state index in [0.717, 1.165) is 0 Å². The van der Waals surface area contributed by atoms with E-state index < -0.39 is 40.1 Å². The van der Waals surface area contributed by atoms with E-state index in [1.165, 1.54) is 0 Å². The summed E-state index contributed by atoms with van der Waals surface area (Å²) in [4.78, 5) is 19.6. The Balaban J connectivity index is 3.39. The predicted octanol–water partition coefficient (Wildman–Crippen LogP) is 2.71. The lowest BCUT2D eigenvalue weighted by Gasteiger charge is -2.09. The Hall–Kier alpha value is -2.19. The maximum atomic E-state index is 13.1. The molecule has 0 aliphatic carbocycles. The van der Waals surface area contributed by atoms with Crippen LogP contribution < -0.4 is 0 Å². The second kappa shape index (κ2) is 4.59. The highest BCUT2D eigenvalue weighted by atomic mass is 19.4. The van der Waals surface area contributed by atoms with Crippen LogP contribution in [0.3, 0.4) is 0 Å². The maximum Gasteiger partial charge on any atom is 0.416 e. The molecule has 0 spiro atoms. The Labute approximate surface area is 96.8 Å². The van der Waals surface area contributed by atoms with E-state index in [1.54, 1.807) is 0 Å². The van der Waals surface area contributed by atoms with Crippen LogP contribution in [-0.2, 0) is 11.0 Å². The van der Waals surface area contributed by atoms with Gasteiger partial charge >= 0.3 is 12.1 Å². The summed E-state index contributed by atoms with van der Waals surface area (Å²) in [7, 11) is 0. The van der Waals surface area contributed by atoms with Gasteiger partial charge in [-0.2, -0.15) is 13.2 Å². The molecule has 5 nitrogen and oxygen atoms in total. The summed E-state index contributed by atoms with van der Waals surface area (Å²) in [5.74, 6) is -2.02. The molecule has 0 radical (unpaired) electrons. The van der Waals surface area contributed by atoms with E-state index >= 15 is 0 Å². The first-order valence-corrected chi connectivity index (χ1v) is 4.37. The van der Waals surface area contributed by atoms with Gasteiger partial charge in [-0.1, -0.05) is 0 Å². The second-order valence-corrected chi connectivity index (χ2v) is 3.23. The number of nitrogens with zero attached hydrogens (tertiary/aromatic N) is 1. The zero-order valence-electron chi connectivity index (χ0n) is 8.44. The van der Waals surface area contributed by atoms with E-state index in [0.29, 0.717) is 12.1 Å². The SMILES string of the molecule is O=C(O)C(F)c1ccc(C(F)(F)F)cc1[N+](=O)[O-]. The van der Waals surface area contributed by atoms with Crippen molar-refractivity contribution in [2.75, 3.05) is 0 Å². The molecule has 0 bridgehead atoms. The number of carbonyl (C=O) groups is 1. The molecule has 98 valence electrons. The summed E-state index contributed by atoms with van der Waals surface area (Å²) >= 11 is 0. The van der Waals surface area contributed by atoms with Gasteiger partial charge in [-0.25, -0.2) is 9.18 Å². The average molecular weight is 267 g/mol. The Morgan fingerprint density at radius 3 is 2.33 bits per heavy atom. The van der Waals surface area contributed by atoms with E-state index in [2.05, 4.69) is 0 Å². The molecule has 0 saturated heterocycles. The second-order valence-electron chi connectivity index (χ2n) is 3.23. The molecule has 0 aromatic heterocycles. The van der Waals surface area contributed by atoms with Gasteiger partial charge in [0.2, 0.25) is 6.17 Å². The summed E-state index contributed by atoms with van der Waals surface area (Å²) in [6.45, 7) is 0. The van der Waals surface area contributed by atoms with Crippen LogP contribution >= 0.6 is 0 Å². The van der Waals surface area contributed by atoms with Crippen molar-refractivity contribution in [3.63, 3.8) is 0 Å². The van der Waals surface area contributed by atoms with Crippen molar-refractivity contribution in [2.24, 2.45) is 0 Å². The fourth-order valence-electron chi connectivity index (χ4n) is 1.23. The van der Waals surface area contributed by atoms with E-state index in [4.69, 9.17) is 5.11 Å². The van der Waals surface area contributed by atoms with Gasteiger partial charge < -0.3 is 5.11 Å². The minimum absolute atomic E-state index is 0.102. The van der Waals surface area contributed by atoms with Crippen molar-refractivity contribution < 1.29 is 32.4 Å². The van der Waals surface area contributed by atoms with E-state index in [9.17, 15) is 32.5 Å². The number of carboxylic acid groups (broad SMARTS) is 1. The lowest BCUT2D eigenvalue weighted by Crippen LogP contribution is -2.11. The molecular weight excluding hydrogens is 262 g/mol. The van der Waals surface area contributed by atoms with Gasteiger partial charge in [0.15, 0.2) is 0 Å². The van der Waals surface area contributed by atoms with Crippen LogP contribution in [0.4, 0.5) is 23.2 Å². The lowest BCUT2D eigenvalue weighted by molar-refractivity contribution is -0.386. The summed E-state index contributed by atoms with van der Waals surface area (Å²) in [5, 5.41) is 18.9. The minimum atomic E-state index is -4.83. The number of carboxylic acids is 1. The predicted molar refractivity (Wildman–Crippen MR) is 49.6 cm³/mol. The third-order valence-corrected chi connectivity index (χ3v) is 2.04. The molecule has 0 aliphatic rings. The standard InChI is InChI=1S/C9H5F4NO4/c10-7(8(15)16)5-2-1-4(9(11,12)13)3-6(5)14(17)18/h1-3,7H,(H,15,16). The van der Waals surface area contributed by atoms with Gasteiger partial charge in [0.1, 0.15) is 0 Å². The average Bonchev–Trinajstić information content (AvgIpc) is 2.25. The van der Waals surface area contributed by atoms with Crippen molar-refractivity contribution in [1.29, 1.82) is 0 Å². The molecule has 1 aromatic rings. The van der Waals surface area contributed by atoms with Crippen molar-refractivity contribution in [2.45, 2.75) is 12.3 Å². The Morgan fingerprint density at radius 2 is 1.94 bits per heavy atom. The van der Waals surface area contributed by atoms with Crippen molar-refractivity contribution in [1.82, 2.24) is 0 Å². The molecule has 9 heteroatoms. The molecule has 0 amide bonds.